The van der Waals surface area contributed by atoms with Crippen molar-refractivity contribution in [1.29, 1.82) is 0 Å². The van der Waals surface area contributed by atoms with Crippen molar-refractivity contribution in [2.75, 3.05) is 13.2 Å². The molecule has 1 saturated carbocycles. The normalized spacial score (nSPS) is 15.0. The zero-order valence-corrected chi connectivity index (χ0v) is 14.2. The van der Waals surface area contributed by atoms with E-state index in [4.69, 9.17) is 21.3 Å². The summed E-state index contributed by atoms with van der Waals surface area (Å²) >= 11 is 6.05. The van der Waals surface area contributed by atoms with Crippen LogP contribution in [0.15, 0.2) is 12.1 Å². The van der Waals surface area contributed by atoms with E-state index in [0.29, 0.717) is 24.2 Å². The van der Waals surface area contributed by atoms with Gasteiger partial charge in [0.05, 0.1) is 0 Å². The zero-order valence-electron chi connectivity index (χ0n) is 13.4. The first-order chi connectivity index (χ1) is 11.2. The van der Waals surface area contributed by atoms with Crippen LogP contribution in [0.2, 0.25) is 5.15 Å². The summed E-state index contributed by atoms with van der Waals surface area (Å²) in [5.74, 6) is 1.17. The molecule has 6 heteroatoms. The summed E-state index contributed by atoms with van der Waals surface area (Å²) in [6.07, 6.45) is 5.67. The Morgan fingerprint density at radius 3 is 2.91 bits per heavy atom. The van der Waals surface area contributed by atoms with E-state index >= 15 is 0 Å². The molecule has 2 aromatic rings. The fourth-order valence-corrected chi connectivity index (χ4v) is 3.08. The Morgan fingerprint density at radius 2 is 2.22 bits per heavy atom. The van der Waals surface area contributed by atoms with Gasteiger partial charge in [0.1, 0.15) is 23.1 Å². The van der Waals surface area contributed by atoms with Crippen LogP contribution in [0, 0.1) is 0 Å². The summed E-state index contributed by atoms with van der Waals surface area (Å²) in [5.41, 5.74) is 1.76. The second kappa shape index (κ2) is 7.41. The van der Waals surface area contributed by atoms with Crippen LogP contribution in [-0.2, 0) is 16.0 Å². The highest BCUT2D eigenvalue weighted by Gasteiger charge is 2.25. The average molecular weight is 336 g/mol. The Morgan fingerprint density at radius 1 is 1.39 bits per heavy atom. The zero-order chi connectivity index (χ0) is 16.2. The van der Waals surface area contributed by atoms with E-state index in [9.17, 15) is 4.79 Å². The highest BCUT2D eigenvalue weighted by Crippen LogP contribution is 2.35. The molecule has 0 saturated heterocycles. The predicted octanol–water partition coefficient (Wildman–Crippen LogP) is 3.74. The Hall–Kier alpha value is -1.46. The average Bonchev–Trinajstić information content (AvgIpc) is 2.82. The first-order valence-corrected chi connectivity index (χ1v) is 8.69. The lowest BCUT2D eigenvalue weighted by molar-refractivity contribution is -0.123. The van der Waals surface area contributed by atoms with E-state index in [1.807, 2.05) is 13.0 Å². The second-order valence-electron chi connectivity index (χ2n) is 5.99. The van der Waals surface area contributed by atoms with Crippen LogP contribution in [0.4, 0.5) is 0 Å². The van der Waals surface area contributed by atoms with E-state index < -0.39 is 0 Å². The number of aryl methyl sites for hydroxylation is 1. The summed E-state index contributed by atoms with van der Waals surface area (Å²) in [7, 11) is 0. The lowest BCUT2D eigenvalue weighted by Gasteiger charge is -2.28. The Kier molecular flexibility index (Phi) is 5.28. The van der Waals surface area contributed by atoms with Gasteiger partial charge in [0.15, 0.2) is 11.4 Å². The van der Waals surface area contributed by atoms with Gasteiger partial charge in [-0.1, -0.05) is 11.6 Å². The van der Waals surface area contributed by atoms with E-state index in [0.717, 1.165) is 42.7 Å². The topological polar surface area (TPSA) is 57.0 Å². The van der Waals surface area contributed by atoms with E-state index in [2.05, 4.69) is 9.55 Å². The largest absolute Gasteiger partial charge is 0.374 e. The molecule has 1 fully saturated rings. The molecule has 0 atom stereocenters. The first-order valence-electron chi connectivity index (χ1n) is 8.32. The maximum atomic E-state index is 11.7. The number of hydrogen-bond donors (Lipinski definition) is 0. The number of imidazole rings is 1. The van der Waals surface area contributed by atoms with Gasteiger partial charge in [-0.3, -0.25) is 4.79 Å². The molecule has 0 N–H and O–H groups in total. The van der Waals surface area contributed by atoms with Gasteiger partial charge in [0.25, 0.3) is 0 Å². The molecule has 0 aromatic carbocycles. The Balaban J connectivity index is 1.73. The van der Waals surface area contributed by atoms with Crippen molar-refractivity contribution in [3.05, 3.63) is 23.1 Å². The minimum absolute atomic E-state index is 0.152. The van der Waals surface area contributed by atoms with Crippen LogP contribution >= 0.6 is 11.6 Å². The fourth-order valence-electron chi connectivity index (χ4n) is 2.93. The van der Waals surface area contributed by atoms with Crippen LogP contribution in [-0.4, -0.2) is 33.5 Å². The van der Waals surface area contributed by atoms with Crippen LogP contribution in [0.3, 0.4) is 0 Å². The summed E-state index contributed by atoms with van der Waals surface area (Å²) in [5, 5.41) is 0.497. The van der Waals surface area contributed by atoms with Gasteiger partial charge in [-0.05, 0) is 44.7 Å². The molecule has 0 amide bonds. The summed E-state index contributed by atoms with van der Waals surface area (Å²) in [4.78, 5) is 20.9. The number of pyridine rings is 1. The molecule has 5 nitrogen and oxygen atoms in total. The van der Waals surface area contributed by atoms with Crippen molar-refractivity contribution >= 4 is 28.5 Å². The SMILES string of the molecule is CCOCC(=O)CCCc1nc2ccc(Cl)nc2n1C1CCC1. The highest BCUT2D eigenvalue weighted by atomic mass is 35.5. The number of ether oxygens (including phenoxy) is 1. The molecule has 0 radical (unpaired) electrons. The number of aromatic nitrogens is 3. The molecular formula is C17H22ClN3O2. The minimum Gasteiger partial charge on any atom is -0.374 e. The lowest BCUT2D eigenvalue weighted by atomic mass is 9.92. The van der Waals surface area contributed by atoms with Gasteiger partial charge >= 0.3 is 0 Å². The van der Waals surface area contributed by atoms with Crippen LogP contribution in [0.25, 0.3) is 11.2 Å². The molecular weight excluding hydrogens is 314 g/mol. The number of nitrogens with zero attached hydrogens (tertiary/aromatic N) is 3. The molecule has 2 heterocycles. The number of hydrogen-bond acceptors (Lipinski definition) is 4. The van der Waals surface area contributed by atoms with Crippen molar-refractivity contribution in [2.24, 2.45) is 0 Å². The van der Waals surface area contributed by atoms with Gasteiger partial charge in [-0.25, -0.2) is 9.97 Å². The molecule has 1 aliphatic carbocycles. The lowest BCUT2D eigenvalue weighted by Crippen LogP contribution is -2.20. The molecule has 1 aliphatic rings. The van der Waals surface area contributed by atoms with E-state index in [1.165, 1.54) is 6.42 Å². The number of rotatable bonds is 8. The van der Waals surface area contributed by atoms with E-state index in [-0.39, 0.29) is 12.4 Å². The van der Waals surface area contributed by atoms with Crippen molar-refractivity contribution in [1.82, 2.24) is 14.5 Å². The molecule has 0 bridgehead atoms. The number of carbonyl (C=O) groups excluding carboxylic acids is 1. The summed E-state index contributed by atoms with van der Waals surface area (Å²) in [6, 6.07) is 4.17. The van der Waals surface area contributed by atoms with Crippen LogP contribution in [0.5, 0.6) is 0 Å². The molecule has 2 aromatic heterocycles. The predicted molar refractivity (Wildman–Crippen MR) is 89.9 cm³/mol. The highest BCUT2D eigenvalue weighted by molar-refractivity contribution is 6.29. The maximum absolute atomic E-state index is 11.7. The molecule has 0 unspecified atom stereocenters. The van der Waals surface area contributed by atoms with Crippen LogP contribution < -0.4 is 0 Å². The van der Waals surface area contributed by atoms with Gasteiger partial charge < -0.3 is 9.30 Å². The minimum atomic E-state index is 0.152. The van der Waals surface area contributed by atoms with Crippen LogP contribution in [0.1, 0.15) is 50.9 Å². The van der Waals surface area contributed by atoms with Gasteiger partial charge in [0.2, 0.25) is 0 Å². The summed E-state index contributed by atoms with van der Waals surface area (Å²) < 4.78 is 7.39. The maximum Gasteiger partial charge on any atom is 0.161 e. The van der Waals surface area contributed by atoms with Gasteiger partial charge in [-0.2, -0.15) is 0 Å². The van der Waals surface area contributed by atoms with Gasteiger partial charge in [0, 0.05) is 25.5 Å². The molecule has 124 valence electrons. The van der Waals surface area contributed by atoms with Crippen molar-refractivity contribution in [2.45, 2.75) is 51.5 Å². The van der Waals surface area contributed by atoms with Crippen molar-refractivity contribution in [3.8, 4) is 0 Å². The number of halogens is 1. The number of ketones is 1. The third-order valence-electron chi connectivity index (χ3n) is 4.34. The van der Waals surface area contributed by atoms with Gasteiger partial charge in [-0.15, -0.1) is 0 Å². The second-order valence-corrected chi connectivity index (χ2v) is 6.38. The molecule has 23 heavy (non-hydrogen) atoms. The number of Topliss-reactive ketones (excluding diaryl/α,β-unsaturated/α-hetero) is 1. The van der Waals surface area contributed by atoms with Crippen molar-refractivity contribution < 1.29 is 9.53 Å². The monoisotopic (exact) mass is 335 g/mol. The summed E-state index contributed by atoms with van der Waals surface area (Å²) in [6.45, 7) is 2.69. The van der Waals surface area contributed by atoms with Crippen molar-refractivity contribution in [3.63, 3.8) is 0 Å². The fraction of sp³-hybridized carbons (Fsp3) is 0.588. The smallest absolute Gasteiger partial charge is 0.161 e. The molecule has 3 rings (SSSR count). The third-order valence-corrected chi connectivity index (χ3v) is 4.55. The first kappa shape index (κ1) is 16.4. The Bertz CT molecular complexity index is 694. The van der Waals surface area contributed by atoms with E-state index in [1.54, 1.807) is 6.07 Å². The molecule has 0 spiro atoms. The quantitative estimate of drug-likeness (QED) is 0.689. The number of fused-ring (bicyclic) bond motifs is 1. The number of carbonyl (C=O) groups is 1. The molecule has 0 aliphatic heterocycles. The standard InChI is InChI=1S/C17H22ClN3O2/c1-2-23-11-13(22)7-4-8-16-19-14-9-10-15(18)20-17(14)21(16)12-5-3-6-12/h9-10,12H,2-8,11H2,1H3. The third kappa shape index (κ3) is 3.72. The Labute approximate surface area is 141 Å².